The van der Waals surface area contributed by atoms with Gasteiger partial charge in [-0.25, -0.2) is 8.78 Å². The van der Waals surface area contributed by atoms with Crippen LogP contribution in [0.2, 0.25) is 0 Å². The first-order valence-corrected chi connectivity index (χ1v) is 6.79. The molecule has 5 heteroatoms. The Morgan fingerprint density at radius 1 is 0.950 bits per heavy atom. The van der Waals surface area contributed by atoms with Crippen molar-refractivity contribution in [2.45, 2.75) is 4.83 Å². The minimum absolute atomic E-state index is 0.0564. The Labute approximate surface area is 124 Å². The van der Waals surface area contributed by atoms with E-state index in [0.717, 1.165) is 12.1 Å². The molecular weight excluding hydrogens is 330 g/mol. The number of benzene rings is 2. The maximum Gasteiger partial charge on any atom is 0.134 e. The smallest absolute Gasteiger partial charge is 0.134 e. The SMILES string of the molecule is COc1cccc(C(Br)c2c(F)cc(OC)cc2F)c1. The van der Waals surface area contributed by atoms with Gasteiger partial charge in [0.15, 0.2) is 0 Å². The van der Waals surface area contributed by atoms with E-state index in [4.69, 9.17) is 9.47 Å². The van der Waals surface area contributed by atoms with Gasteiger partial charge in [-0.2, -0.15) is 0 Å². The summed E-state index contributed by atoms with van der Waals surface area (Å²) < 4.78 is 38.0. The van der Waals surface area contributed by atoms with Crippen molar-refractivity contribution in [1.29, 1.82) is 0 Å². The minimum atomic E-state index is -0.661. The van der Waals surface area contributed by atoms with Crippen LogP contribution in [0.1, 0.15) is 16.0 Å². The summed E-state index contributed by atoms with van der Waals surface area (Å²) in [5, 5.41) is 0. The van der Waals surface area contributed by atoms with Crippen molar-refractivity contribution in [3.63, 3.8) is 0 Å². The van der Waals surface area contributed by atoms with Gasteiger partial charge in [-0.3, -0.25) is 0 Å². The zero-order valence-electron chi connectivity index (χ0n) is 11.0. The van der Waals surface area contributed by atoms with E-state index in [9.17, 15) is 8.78 Å². The topological polar surface area (TPSA) is 18.5 Å². The molecule has 0 aromatic heterocycles. The first-order chi connectivity index (χ1) is 9.56. The van der Waals surface area contributed by atoms with Gasteiger partial charge in [0.25, 0.3) is 0 Å². The van der Waals surface area contributed by atoms with E-state index in [-0.39, 0.29) is 11.3 Å². The molecule has 0 amide bonds. The standard InChI is InChI=1S/C15H13BrF2O2/c1-19-10-5-3-4-9(6-10)15(16)14-12(17)7-11(20-2)8-13(14)18/h3-8,15H,1-2H3. The van der Waals surface area contributed by atoms with Crippen molar-refractivity contribution in [2.75, 3.05) is 14.2 Å². The van der Waals surface area contributed by atoms with Gasteiger partial charge in [0.2, 0.25) is 0 Å². The lowest BCUT2D eigenvalue weighted by atomic mass is 10.0. The number of hydrogen-bond donors (Lipinski definition) is 0. The van der Waals surface area contributed by atoms with Crippen molar-refractivity contribution >= 4 is 15.9 Å². The highest BCUT2D eigenvalue weighted by molar-refractivity contribution is 9.09. The quantitative estimate of drug-likeness (QED) is 0.763. The van der Waals surface area contributed by atoms with Gasteiger partial charge in [0.05, 0.1) is 19.0 Å². The van der Waals surface area contributed by atoms with Gasteiger partial charge in [-0.05, 0) is 17.7 Å². The predicted octanol–water partition coefficient (Wildman–Crippen LogP) is 4.47. The van der Waals surface area contributed by atoms with Crippen molar-refractivity contribution in [1.82, 2.24) is 0 Å². The van der Waals surface area contributed by atoms with Crippen LogP contribution in [-0.2, 0) is 0 Å². The van der Waals surface area contributed by atoms with Crippen LogP contribution < -0.4 is 9.47 Å². The number of hydrogen-bond acceptors (Lipinski definition) is 2. The zero-order chi connectivity index (χ0) is 14.7. The summed E-state index contributed by atoms with van der Waals surface area (Å²) in [5.41, 5.74) is 0.645. The molecule has 1 unspecified atom stereocenters. The third kappa shape index (κ3) is 2.93. The lowest BCUT2D eigenvalue weighted by molar-refractivity contribution is 0.405. The minimum Gasteiger partial charge on any atom is -0.497 e. The molecule has 0 radical (unpaired) electrons. The van der Waals surface area contributed by atoms with E-state index in [1.54, 1.807) is 24.3 Å². The van der Waals surface area contributed by atoms with Crippen LogP contribution in [-0.4, -0.2) is 14.2 Å². The number of ether oxygens (including phenoxy) is 2. The van der Waals surface area contributed by atoms with Gasteiger partial charge in [-0.15, -0.1) is 0 Å². The first kappa shape index (κ1) is 14.8. The molecule has 0 heterocycles. The number of methoxy groups -OCH3 is 2. The molecule has 0 aliphatic rings. The van der Waals surface area contributed by atoms with Crippen LogP contribution in [0.4, 0.5) is 8.78 Å². The fraction of sp³-hybridized carbons (Fsp3) is 0.200. The summed E-state index contributed by atoms with van der Waals surface area (Å²) in [5.74, 6) is -0.548. The molecule has 0 spiro atoms. The fourth-order valence-corrected chi connectivity index (χ4v) is 2.61. The van der Waals surface area contributed by atoms with Crippen LogP contribution in [0.25, 0.3) is 0 Å². The molecule has 0 bridgehead atoms. The second kappa shape index (κ2) is 6.22. The molecule has 0 fully saturated rings. The molecule has 106 valence electrons. The summed E-state index contributed by atoms with van der Waals surface area (Å²) in [4.78, 5) is -0.608. The highest BCUT2D eigenvalue weighted by Gasteiger charge is 2.21. The van der Waals surface area contributed by atoms with Crippen molar-refractivity contribution < 1.29 is 18.3 Å². The molecule has 2 aromatic carbocycles. The largest absolute Gasteiger partial charge is 0.497 e. The number of halogens is 3. The molecule has 20 heavy (non-hydrogen) atoms. The lowest BCUT2D eigenvalue weighted by Crippen LogP contribution is -2.02. The second-order valence-electron chi connectivity index (χ2n) is 4.14. The summed E-state index contributed by atoms with van der Waals surface area (Å²) in [6, 6.07) is 9.35. The summed E-state index contributed by atoms with van der Waals surface area (Å²) >= 11 is 3.33. The lowest BCUT2D eigenvalue weighted by Gasteiger charge is -2.14. The highest BCUT2D eigenvalue weighted by Crippen LogP contribution is 2.36. The van der Waals surface area contributed by atoms with Crippen LogP contribution in [0.5, 0.6) is 11.5 Å². The molecule has 1 atom stereocenters. The molecule has 2 nitrogen and oxygen atoms in total. The molecule has 0 aliphatic carbocycles. The zero-order valence-corrected chi connectivity index (χ0v) is 12.6. The Morgan fingerprint density at radius 3 is 2.10 bits per heavy atom. The Morgan fingerprint density at radius 2 is 1.55 bits per heavy atom. The van der Waals surface area contributed by atoms with Gasteiger partial charge in [-0.1, -0.05) is 28.1 Å². The maximum atomic E-state index is 14.0. The van der Waals surface area contributed by atoms with E-state index < -0.39 is 16.5 Å². The van der Waals surface area contributed by atoms with Crippen LogP contribution in [0.3, 0.4) is 0 Å². The van der Waals surface area contributed by atoms with Crippen molar-refractivity contribution in [3.8, 4) is 11.5 Å². The van der Waals surface area contributed by atoms with Crippen molar-refractivity contribution in [2.24, 2.45) is 0 Å². The average molecular weight is 343 g/mol. The van der Waals surface area contributed by atoms with Gasteiger partial charge in [0.1, 0.15) is 23.1 Å². The van der Waals surface area contributed by atoms with Crippen LogP contribution >= 0.6 is 15.9 Å². The van der Waals surface area contributed by atoms with Crippen LogP contribution in [0, 0.1) is 11.6 Å². The first-order valence-electron chi connectivity index (χ1n) is 5.87. The molecule has 2 rings (SSSR count). The predicted molar refractivity (Wildman–Crippen MR) is 76.7 cm³/mol. The summed E-state index contributed by atoms with van der Waals surface area (Å²) in [6.07, 6.45) is 0. The second-order valence-corrected chi connectivity index (χ2v) is 5.06. The fourth-order valence-electron chi connectivity index (χ4n) is 1.89. The number of rotatable bonds is 4. The van der Waals surface area contributed by atoms with E-state index in [1.165, 1.54) is 14.2 Å². The molecule has 0 N–H and O–H groups in total. The molecule has 0 saturated carbocycles. The van der Waals surface area contributed by atoms with E-state index in [0.29, 0.717) is 11.3 Å². The average Bonchev–Trinajstić information content (AvgIpc) is 2.46. The van der Waals surface area contributed by atoms with Crippen LogP contribution in [0.15, 0.2) is 36.4 Å². The third-order valence-corrected chi connectivity index (χ3v) is 3.91. The molecule has 2 aromatic rings. The Hall–Kier alpha value is -1.62. The molecular formula is C15H13BrF2O2. The van der Waals surface area contributed by atoms with Gasteiger partial charge in [0, 0.05) is 17.7 Å². The van der Waals surface area contributed by atoms with Crippen molar-refractivity contribution in [3.05, 3.63) is 59.2 Å². The van der Waals surface area contributed by atoms with E-state index in [1.807, 2.05) is 0 Å². The third-order valence-electron chi connectivity index (χ3n) is 2.93. The number of alkyl halides is 1. The molecule has 0 saturated heterocycles. The van der Waals surface area contributed by atoms with Gasteiger partial charge < -0.3 is 9.47 Å². The Kier molecular flexibility index (Phi) is 4.60. The highest BCUT2D eigenvalue weighted by atomic mass is 79.9. The van der Waals surface area contributed by atoms with Gasteiger partial charge >= 0.3 is 0 Å². The maximum absolute atomic E-state index is 14.0. The monoisotopic (exact) mass is 342 g/mol. The summed E-state index contributed by atoms with van der Waals surface area (Å²) in [6.45, 7) is 0. The Bertz CT molecular complexity index is 594. The summed E-state index contributed by atoms with van der Waals surface area (Å²) in [7, 11) is 2.90. The molecule has 0 aliphatic heterocycles. The van der Waals surface area contributed by atoms with E-state index in [2.05, 4.69) is 15.9 Å². The van der Waals surface area contributed by atoms with E-state index >= 15 is 0 Å². The Balaban J connectivity index is 2.44. The normalized spacial score (nSPS) is 12.1.